The van der Waals surface area contributed by atoms with Gasteiger partial charge in [0.2, 0.25) is 11.8 Å². The Hall–Kier alpha value is -3.61. The Bertz CT molecular complexity index is 1100. The average molecular weight is 381 g/mol. The molecule has 140 valence electrons. The number of nitrogens with zero attached hydrogens (tertiary/aromatic N) is 2. The number of aromatic nitrogens is 2. The zero-order chi connectivity index (χ0) is 19.5. The van der Waals surface area contributed by atoms with Gasteiger partial charge in [0, 0.05) is 22.9 Å². The van der Waals surface area contributed by atoms with E-state index in [1.54, 1.807) is 30.3 Å². The predicted molar refractivity (Wildman–Crippen MR) is 98.0 cm³/mol. The van der Waals surface area contributed by atoms with E-state index >= 15 is 0 Å². The molecule has 1 heterocycles. The second kappa shape index (κ2) is 7.56. The fourth-order valence-corrected chi connectivity index (χ4v) is 2.78. The van der Waals surface area contributed by atoms with Gasteiger partial charge in [-0.1, -0.05) is 36.4 Å². The molecule has 4 aromatic rings. The maximum absolute atomic E-state index is 14.4. The highest BCUT2D eigenvalue weighted by Crippen LogP contribution is 2.30. The number of nitrogens with one attached hydrogen (secondary N) is 1. The van der Waals surface area contributed by atoms with Gasteiger partial charge in [0.1, 0.15) is 11.9 Å². The van der Waals surface area contributed by atoms with E-state index in [1.165, 1.54) is 12.1 Å². The molecule has 0 aliphatic rings. The van der Waals surface area contributed by atoms with Crippen LogP contribution in [-0.2, 0) is 0 Å². The van der Waals surface area contributed by atoms with Crippen molar-refractivity contribution < 1.29 is 17.6 Å². The fraction of sp³-hybridized carbons (Fsp3) is 0.0476. The van der Waals surface area contributed by atoms with Crippen molar-refractivity contribution in [1.29, 1.82) is 0 Å². The Kier molecular flexibility index (Phi) is 4.80. The highest BCUT2D eigenvalue weighted by atomic mass is 19.2. The first kappa shape index (κ1) is 17.8. The third kappa shape index (κ3) is 3.59. The van der Waals surface area contributed by atoms with E-state index in [-0.39, 0.29) is 23.0 Å². The molecule has 0 saturated carbocycles. The number of benzene rings is 3. The third-order valence-corrected chi connectivity index (χ3v) is 4.16. The smallest absolute Gasteiger partial charge is 0.247 e. The van der Waals surface area contributed by atoms with Crippen molar-refractivity contribution in [3.63, 3.8) is 0 Å². The molecule has 4 rings (SSSR count). The van der Waals surface area contributed by atoms with Gasteiger partial charge in [0.05, 0.1) is 0 Å². The second-order valence-electron chi connectivity index (χ2n) is 6.04. The minimum atomic E-state index is -1.02. The van der Waals surface area contributed by atoms with Crippen molar-refractivity contribution in [1.82, 2.24) is 10.2 Å². The van der Waals surface area contributed by atoms with E-state index in [2.05, 4.69) is 15.5 Å². The molecule has 0 saturated heterocycles. The molecule has 7 heteroatoms. The van der Waals surface area contributed by atoms with Crippen LogP contribution in [0.25, 0.3) is 11.5 Å². The first-order valence-corrected chi connectivity index (χ1v) is 8.46. The molecular weight excluding hydrogens is 367 g/mol. The molecule has 3 aromatic carbocycles. The molecule has 1 unspecified atom stereocenters. The summed E-state index contributed by atoms with van der Waals surface area (Å²) >= 11 is 0. The lowest BCUT2D eigenvalue weighted by atomic mass is 10.1. The number of halogens is 3. The van der Waals surface area contributed by atoms with Gasteiger partial charge in [0.15, 0.2) is 11.6 Å². The lowest BCUT2D eigenvalue weighted by Gasteiger charge is -2.17. The van der Waals surface area contributed by atoms with Crippen molar-refractivity contribution in [2.45, 2.75) is 6.04 Å². The molecule has 0 radical (unpaired) electrons. The second-order valence-corrected chi connectivity index (χ2v) is 6.04. The highest BCUT2D eigenvalue weighted by molar-refractivity contribution is 5.53. The Morgan fingerprint density at radius 2 is 1.50 bits per heavy atom. The molecule has 1 atom stereocenters. The van der Waals surface area contributed by atoms with Crippen molar-refractivity contribution >= 4 is 5.69 Å². The summed E-state index contributed by atoms with van der Waals surface area (Å²) in [5, 5.41) is 11.0. The van der Waals surface area contributed by atoms with Crippen LogP contribution in [-0.4, -0.2) is 10.2 Å². The maximum atomic E-state index is 14.4. The fourth-order valence-electron chi connectivity index (χ4n) is 2.78. The largest absolute Gasteiger partial charge is 0.418 e. The lowest BCUT2D eigenvalue weighted by Crippen LogP contribution is -2.14. The van der Waals surface area contributed by atoms with E-state index in [0.717, 1.165) is 12.1 Å². The standard InChI is InChI=1S/C21H14F3N3O/c22-16-9-5-4-8-15(16)19(25-14-10-11-17(23)18(24)12-14)21-27-26-20(28-21)13-6-2-1-3-7-13/h1-12,19,25H. The number of anilines is 1. The molecule has 0 aliphatic heterocycles. The van der Waals surface area contributed by atoms with E-state index in [9.17, 15) is 13.2 Å². The van der Waals surface area contributed by atoms with E-state index in [0.29, 0.717) is 5.56 Å². The summed E-state index contributed by atoms with van der Waals surface area (Å²) in [6.07, 6.45) is 0. The number of hydrogen-bond donors (Lipinski definition) is 1. The Morgan fingerprint density at radius 1 is 0.750 bits per heavy atom. The Morgan fingerprint density at radius 3 is 2.25 bits per heavy atom. The van der Waals surface area contributed by atoms with Gasteiger partial charge in [-0.05, 0) is 30.3 Å². The Balaban J connectivity index is 1.74. The van der Waals surface area contributed by atoms with E-state index in [4.69, 9.17) is 4.42 Å². The summed E-state index contributed by atoms with van der Waals surface area (Å²) in [5.74, 6) is -2.13. The minimum absolute atomic E-state index is 0.0914. The summed E-state index contributed by atoms with van der Waals surface area (Å²) in [4.78, 5) is 0. The molecule has 28 heavy (non-hydrogen) atoms. The van der Waals surface area contributed by atoms with Crippen LogP contribution in [0, 0.1) is 17.5 Å². The van der Waals surface area contributed by atoms with Crippen LogP contribution in [0.2, 0.25) is 0 Å². The molecule has 0 aliphatic carbocycles. The highest BCUT2D eigenvalue weighted by Gasteiger charge is 2.24. The van der Waals surface area contributed by atoms with Crippen LogP contribution in [0.5, 0.6) is 0 Å². The van der Waals surface area contributed by atoms with Crippen molar-refractivity contribution in [2.24, 2.45) is 0 Å². The lowest BCUT2D eigenvalue weighted by molar-refractivity contribution is 0.484. The normalized spacial score (nSPS) is 12.0. The first-order valence-electron chi connectivity index (χ1n) is 8.46. The number of rotatable bonds is 5. The molecule has 0 amide bonds. The van der Waals surface area contributed by atoms with Crippen LogP contribution in [0.4, 0.5) is 18.9 Å². The molecule has 1 aromatic heterocycles. The average Bonchev–Trinajstić information content (AvgIpc) is 3.20. The third-order valence-electron chi connectivity index (χ3n) is 4.16. The van der Waals surface area contributed by atoms with Gasteiger partial charge >= 0.3 is 0 Å². The van der Waals surface area contributed by atoms with Crippen molar-refractivity contribution in [3.05, 3.63) is 102 Å². The zero-order valence-electron chi connectivity index (χ0n) is 14.4. The summed E-state index contributed by atoms with van der Waals surface area (Å²) in [6.45, 7) is 0. The van der Waals surface area contributed by atoms with Gasteiger partial charge < -0.3 is 9.73 Å². The van der Waals surface area contributed by atoms with Crippen LogP contribution < -0.4 is 5.32 Å². The summed E-state index contributed by atoms with van der Waals surface area (Å²) in [5.41, 5.74) is 1.18. The van der Waals surface area contributed by atoms with Crippen LogP contribution in [0.1, 0.15) is 17.5 Å². The maximum Gasteiger partial charge on any atom is 0.247 e. The van der Waals surface area contributed by atoms with Gasteiger partial charge in [0.25, 0.3) is 0 Å². The first-order chi connectivity index (χ1) is 13.6. The molecule has 0 bridgehead atoms. The van der Waals surface area contributed by atoms with Gasteiger partial charge in [-0.25, -0.2) is 13.2 Å². The van der Waals surface area contributed by atoms with Crippen LogP contribution >= 0.6 is 0 Å². The molecule has 0 spiro atoms. The SMILES string of the molecule is Fc1ccc(NC(c2nnc(-c3ccccc3)o2)c2ccccc2F)cc1F. The zero-order valence-corrected chi connectivity index (χ0v) is 14.4. The van der Waals surface area contributed by atoms with Crippen molar-refractivity contribution in [3.8, 4) is 11.5 Å². The van der Waals surface area contributed by atoms with Crippen LogP contribution in [0.3, 0.4) is 0 Å². The van der Waals surface area contributed by atoms with Crippen molar-refractivity contribution in [2.75, 3.05) is 5.32 Å². The van der Waals surface area contributed by atoms with Crippen LogP contribution in [0.15, 0.2) is 77.2 Å². The molecular formula is C21H14F3N3O. The summed E-state index contributed by atoms with van der Waals surface area (Å²) < 4.78 is 47.0. The summed E-state index contributed by atoms with van der Waals surface area (Å²) in [6, 6.07) is 17.6. The minimum Gasteiger partial charge on any atom is -0.418 e. The van der Waals surface area contributed by atoms with E-state index < -0.39 is 23.5 Å². The molecule has 4 nitrogen and oxygen atoms in total. The monoisotopic (exact) mass is 381 g/mol. The quantitative estimate of drug-likeness (QED) is 0.506. The molecule has 1 N–H and O–H groups in total. The molecule has 0 fully saturated rings. The summed E-state index contributed by atoms with van der Waals surface area (Å²) in [7, 11) is 0. The van der Waals surface area contributed by atoms with Gasteiger partial charge in [-0.2, -0.15) is 0 Å². The number of hydrogen-bond acceptors (Lipinski definition) is 4. The topological polar surface area (TPSA) is 51.0 Å². The van der Waals surface area contributed by atoms with E-state index in [1.807, 2.05) is 18.2 Å². The van der Waals surface area contributed by atoms with Gasteiger partial charge in [-0.15, -0.1) is 10.2 Å². The predicted octanol–water partition coefficient (Wildman–Crippen LogP) is 5.36. The van der Waals surface area contributed by atoms with Gasteiger partial charge in [-0.3, -0.25) is 0 Å². The Labute approximate surface area is 158 Å².